The number of phenols is 1. The fraction of sp³-hybridized carbons (Fsp3) is 0.321. The first-order valence-corrected chi connectivity index (χ1v) is 10.9. The van der Waals surface area contributed by atoms with Crippen LogP contribution in [-0.4, -0.2) is 10.8 Å². The zero-order valence-electron chi connectivity index (χ0n) is 18.5. The third kappa shape index (κ3) is 4.33. The van der Waals surface area contributed by atoms with E-state index < -0.39 is 0 Å². The Morgan fingerprint density at radius 2 is 1.27 bits per heavy atom. The maximum absolute atomic E-state index is 11.2. The molecule has 2 nitrogen and oxygen atoms in total. The van der Waals surface area contributed by atoms with Gasteiger partial charge in [0.1, 0.15) is 5.75 Å². The summed E-state index contributed by atoms with van der Waals surface area (Å²) in [4.78, 5) is 4.88. The molecule has 0 aliphatic heterocycles. The molecule has 154 valence electrons. The molecule has 0 radical (unpaired) electrons. The second kappa shape index (κ2) is 8.10. The minimum atomic E-state index is 0.125. The van der Waals surface area contributed by atoms with E-state index in [2.05, 4.69) is 81.4 Å². The number of hydrogen-bond donors (Lipinski definition) is 1. The predicted octanol–water partition coefficient (Wildman–Crippen LogP) is 6.71. The Kier molecular flexibility index (Phi) is 5.51. The quantitative estimate of drug-likeness (QED) is 0.479. The van der Waals surface area contributed by atoms with Gasteiger partial charge in [0.2, 0.25) is 0 Å². The van der Waals surface area contributed by atoms with Crippen LogP contribution in [0.25, 0.3) is 0 Å². The number of phenolic OH excluding ortho intramolecular Hbond substituents is 1. The Morgan fingerprint density at radius 3 is 1.83 bits per heavy atom. The molecule has 0 spiro atoms. The summed E-state index contributed by atoms with van der Waals surface area (Å²) in [5.41, 5.74) is 8.93. The second-order valence-electron chi connectivity index (χ2n) is 9.42. The normalized spacial score (nSPS) is 14.5. The van der Waals surface area contributed by atoms with E-state index in [1.165, 1.54) is 16.7 Å². The molecule has 0 unspecified atom stereocenters. The summed E-state index contributed by atoms with van der Waals surface area (Å²) < 4.78 is 0. The zero-order chi connectivity index (χ0) is 21.3. The minimum absolute atomic E-state index is 0.125. The summed E-state index contributed by atoms with van der Waals surface area (Å²) in [6.45, 7) is 8.66. The number of aryl methyl sites for hydroxylation is 4. The van der Waals surface area contributed by atoms with Gasteiger partial charge in [-0.25, -0.2) is 0 Å². The molecule has 4 aliphatic carbocycles. The zero-order valence-corrected chi connectivity index (χ0v) is 18.5. The maximum Gasteiger partial charge on any atom is 0.128 e. The van der Waals surface area contributed by atoms with Gasteiger partial charge in [0.15, 0.2) is 0 Å². The highest BCUT2D eigenvalue weighted by atomic mass is 16.3. The lowest BCUT2D eigenvalue weighted by Crippen LogP contribution is -2.10. The van der Waals surface area contributed by atoms with Gasteiger partial charge in [-0.15, -0.1) is 0 Å². The summed E-state index contributed by atoms with van der Waals surface area (Å²) in [7, 11) is 0. The van der Waals surface area contributed by atoms with E-state index in [1.54, 1.807) is 0 Å². The van der Waals surface area contributed by atoms with Crippen LogP contribution in [0.15, 0.2) is 65.7 Å². The number of hydrogen-bond acceptors (Lipinski definition) is 2. The Balaban J connectivity index is 1.71. The third-order valence-corrected chi connectivity index (χ3v) is 6.13. The van der Waals surface area contributed by atoms with Crippen molar-refractivity contribution < 1.29 is 5.11 Å². The van der Waals surface area contributed by atoms with Crippen LogP contribution in [0, 0.1) is 0 Å². The molecule has 30 heavy (non-hydrogen) atoms. The molecule has 3 aromatic rings. The lowest BCUT2D eigenvalue weighted by atomic mass is 9.87. The van der Waals surface area contributed by atoms with Crippen molar-refractivity contribution in [1.82, 2.24) is 0 Å². The average molecular weight is 398 g/mol. The molecule has 0 heterocycles. The minimum Gasteiger partial charge on any atom is -0.507 e. The standard InChI is InChI=1S/C28H31NO/c1-19(29-25-17-15-24(16-18-25)28(2,3)4)26-22-11-9-20-5-7-21(8-6-20)10-12-23(14-13-22)27(26)30/h5-8,13-18,30H,9-12H2,1-4H3. The molecule has 0 saturated heterocycles. The number of rotatable bonds is 2. The van der Waals surface area contributed by atoms with E-state index in [0.717, 1.165) is 53.8 Å². The third-order valence-electron chi connectivity index (χ3n) is 6.13. The van der Waals surface area contributed by atoms with Gasteiger partial charge in [-0.05, 0) is 78.0 Å². The van der Waals surface area contributed by atoms with Crippen LogP contribution in [0.2, 0.25) is 0 Å². The monoisotopic (exact) mass is 397 g/mol. The molecule has 7 rings (SSSR count). The Hall–Kier alpha value is -2.87. The van der Waals surface area contributed by atoms with E-state index in [4.69, 9.17) is 4.99 Å². The van der Waals surface area contributed by atoms with Gasteiger partial charge in [0, 0.05) is 11.3 Å². The summed E-state index contributed by atoms with van der Waals surface area (Å²) in [5, 5.41) is 11.2. The molecule has 0 atom stereocenters. The molecular formula is C28H31NO. The highest BCUT2D eigenvalue weighted by Crippen LogP contribution is 2.31. The van der Waals surface area contributed by atoms with Crippen LogP contribution in [0.3, 0.4) is 0 Å². The fourth-order valence-electron chi connectivity index (χ4n) is 4.21. The van der Waals surface area contributed by atoms with Gasteiger partial charge in [0.25, 0.3) is 0 Å². The summed E-state index contributed by atoms with van der Waals surface area (Å²) in [6, 6.07) is 21.6. The number of benzene rings is 3. The number of aromatic hydroxyl groups is 1. The van der Waals surface area contributed by atoms with Crippen molar-refractivity contribution in [2.24, 2.45) is 4.99 Å². The average Bonchev–Trinajstić information content (AvgIpc) is 2.70. The summed E-state index contributed by atoms with van der Waals surface area (Å²) >= 11 is 0. The Labute approximate surface area is 180 Å². The van der Waals surface area contributed by atoms with Crippen LogP contribution in [0.1, 0.15) is 61.1 Å². The van der Waals surface area contributed by atoms with Gasteiger partial charge in [-0.3, -0.25) is 4.99 Å². The van der Waals surface area contributed by atoms with E-state index in [1.807, 2.05) is 6.92 Å². The molecule has 0 saturated carbocycles. The molecular weight excluding hydrogens is 366 g/mol. The second-order valence-corrected chi connectivity index (χ2v) is 9.42. The first-order chi connectivity index (χ1) is 14.3. The molecule has 3 aromatic carbocycles. The van der Waals surface area contributed by atoms with Crippen LogP contribution in [-0.2, 0) is 31.1 Å². The molecule has 1 N–H and O–H groups in total. The summed E-state index contributed by atoms with van der Waals surface area (Å²) in [6.07, 6.45) is 3.60. The molecule has 0 aromatic heterocycles. The van der Waals surface area contributed by atoms with Crippen LogP contribution in [0.4, 0.5) is 5.69 Å². The summed E-state index contributed by atoms with van der Waals surface area (Å²) in [5.74, 6) is 0.398. The van der Waals surface area contributed by atoms with E-state index in [0.29, 0.717) is 5.75 Å². The Bertz CT molecular complexity index is 1070. The van der Waals surface area contributed by atoms with Crippen molar-refractivity contribution in [3.05, 3.63) is 94.0 Å². The van der Waals surface area contributed by atoms with E-state index in [9.17, 15) is 5.11 Å². The smallest absolute Gasteiger partial charge is 0.128 e. The maximum atomic E-state index is 11.2. The number of nitrogens with zero attached hydrogens (tertiary/aromatic N) is 1. The van der Waals surface area contributed by atoms with Crippen molar-refractivity contribution in [2.75, 3.05) is 0 Å². The van der Waals surface area contributed by atoms with E-state index in [-0.39, 0.29) is 5.41 Å². The predicted molar refractivity (Wildman–Crippen MR) is 126 cm³/mol. The highest BCUT2D eigenvalue weighted by molar-refractivity contribution is 6.04. The first-order valence-electron chi connectivity index (χ1n) is 10.9. The fourth-order valence-corrected chi connectivity index (χ4v) is 4.21. The molecule has 0 amide bonds. The molecule has 0 fully saturated rings. The van der Waals surface area contributed by atoms with Gasteiger partial charge in [-0.2, -0.15) is 0 Å². The van der Waals surface area contributed by atoms with Crippen molar-refractivity contribution in [1.29, 1.82) is 0 Å². The van der Waals surface area contributed by atoms with Crippen LogP contribution in [0.5, 0.6) is 5.75 Å². The lowest BCUT2D eigenvalue weighted by molar-refractivity contribution is 0.466. The topological polar surface area (TPSA) is 32.6 Å². The first kappa shape index (κ1) is 20.4. The Morgan fingerprint density at radius 1 is 0.733 bits per heavy atom. The van der Waals surface area contributed by atoms with Crippen molar-refractivity contribution in [2.45, 2.75) is 58.8 Å². The largest absolute Gasteiger partial charge is 0.507 e. The van der Waals surface area contributed by atoms with Crippen LogP contribution < -0.4 is 0 Å². The highest BCUT2D eigenvalue weighted by Gasteiger charge is 2.17. The SMILES string of the molecule is CC(=Nc1ccc(C(C)(C)C)cc1)c1c2ccc(c1O)CCc1ccc(cc1)CC2. The lowest BCUT2D eigenvalue weighted by Gasteiger charge is -2.19. The molecule has 4 bridgehead atoms. The molecule has 4 aliphatic rings. The number of aliphatic imine (C=N–C) groups is 1. The van der Waals surface area contributed by atoms with Gasteiger partial charge in [-0.1, -0.05) is 69.3 Å². The van der Waals surface area contributed by atoms with Crippen molar-refractivity contribution in [3.8, 4) is 5.75 Å². The van der Waals surface area contributed by atoms with Gasteiger partial charge < -0.3 is 5.11 Å². The van der Waals surface area contributed by atoms with Crippen LogP contribution >= 0.6 is 0 Å². The van der Waals surface area contributed by atoms with Gasteiger partial charge >= 0.3 is 0 Å². The molecule has 2 heteroatoms. The van der Waals surface area contributed by atoms with Crippen molar-refractivity contribution in [3.63, 3.8) is 0 Å². The van der Waals surface area contributed by atoms with E-state index >= 15 is 0 Å². The van der Waals surface area contributed by atoms with Gasteiger partial charge in [0.05, 0.1) is 5.69 Å². The van der Waals surface area contributed by atoms with Crippen molar-refractivity contribution >= 4 is 11.4 Å².